The Bertz CT molecular complexity index is 4100. The van der Waals surface area contributed by atoms with Crippen molar-refractivity contribution in [2.24, 2.45) is 11.5 Å². The number of carbonyl (C=O) groups is 4. The summed E-state index contributed by atoms with van der Waals surface area (Å²) >= 11 is 0. The maximum Gasteiger partial charge on any atom is 0.328 e. The molecule has 6 aliphatic rings. The monoisotopic (exact) mass is 913 g/mol. The van der Waals surface area contributed by atoms with E-state index in [-0.39, 0.29) is 47.9 Å². The topological polar surface area (TPSA) is 185 Å². The number of carbonyl (C=O) groups excluding carboxylic acids is 4. The molecule has 8 heterocycles. The second kappa shape index (κ2) is 13.1. The highest BCUT2D eigenvalue weighted by Gasteiger charge is 2.56. The molecule has 4 aromatic heterocycles. The molecule has 14 heteroatoms. The van der Waals surface area contributed by atoms with Gasteiger partial charge in [0.2, 0.25) is 5.91 Å². The summed E-state index contributed by atoms with van der Waals surface area (Å²) in [5, 5.41) is 17.6. The predicted octanol–water partition coefficient (Wildman–Crippen LogP) is 7.77. The van der Waals surface area contributed by atoms with E-state index in [9.17, 15) is 19.2 Å². The van der Waals surface area contributed by atoms with Crippen LogP contribution in [0, 0.1) is 0 Å². The maximum absolute atomic E-state index is 13.4. The molecule has 7 N–H and O–H groups in total. The summed E-state index contributed by atoms with van der Waals surface area (Å²) < 4.78 is 14.9. The van der Waals surface area contributed by atoms with E-state index in [1.165, 1.54) is 0 Å². The van der Waals surface area contributed by atoms with Gasteiger partial charge in [0.1, 0.15) is 11.1 Å². The molecule has 69 heavy (non-hydrogen) atoms. The summed E-state index contributed by atoms with van der Waals surface area (Å²) in [5.41, 5.74) is 24.1. The lowest BCUT2D eigenvalue weighted by molar-refractivity contribution is -0.150. The van der Waals surface area contributed by atoms with E-state index in [1.807, 2.05) is 55.5 Å². The summed E-state index contributed by atoms with van der Waals surface area (Å²) in [6.07, 6.45) is 2.52. The van der Waals surface area contributed by atoms with E-state index in [0.29, 0.717) is 32.5 Å². The lowest BCUT2D eigenvalue weighted by atomic mass is 9.91. The zero-order chi connectivity index (χ0) is 46.6. The van der Waals surface area contributed by atoms with E-state index in [2.05, 4.69) is 82.7 Å². The van der Waals surface area contributed by atoms with Crippen molar-refractivity contribution < 1.29 is 23.9 Å². The number of nitrogens with two attached hydrogens (primary N) is 2. The molecule has 0 radical (unpaired) electrons. The van der Waals surface area contributed by atoms with Gasteiger partial charge in [-0.25, -0.2) is 4.79 Å². The van der Waals surface area contributed by atoms with Gasteiger partial charge >= 0.3 is 5.97 Å². The maximum atomic E-state index is 13.4. The molecule has 16 rings (SSSR count). The minimum Gasteiger partial charge on any atom is -0.465 e. The number of likely N-dealkylation sites (N-methyl/N-ethyl adjacent to an activating group) is 1. The smallest absolute Gasteiger partial charge is 0.328 e. The molecule has 6 atom stereocenters. The number of para-hydroxylation sites is 4. The van der Waals surface area contributed by atoms with E-state index in [1.54, 1.807) is 7.05 Å². The molecule has 0 spiro atoms. The van der Waals surface area contributed by atoms with Gasteiger partial charge in [-0.3, -0.25) is 14.4 Å². The van der Waals surface area contributed by atoms with Crippen molar-refractivity contribution in [2.75, 3.05) is 13.7 Å². The molecule has 2 fully saturated rings. The minimum atomic E-state index is -1.14. The van der Waals surface area contributed by atoms with Crippen molar-refractivity contribution in [3.05, 3.63) is 119 Å². The van der Waals surface area contributed by atoms with Gasteiger partial charge in [-0.1, -0.05) is 72.8 Å². The number of benzene rings is 6. The normalized spacial score (nSPS) is 24.8. The van der Waals surface area contributed by atoms with Crippen molar-refractivity contribution >= 4 is 111 Å². The Morgan fingerprint density at radius 2 is 0.971 bits per heavy atom. The van der Waals surface area contributed by atoms with Crippen molar-refractivity contribution in [1.29, 1.82) is 0 Å². The second-order valence-corrected chi connectivity index (χ2v) is 20.1. The molecule has 14 nitrogen and oxygen atoms in total. The van der Waals surface area contributed by atoms with Gasteiger partial charge in [-0.05, 0) is 68.0 Å². The van der Waals surface area contributed by atoms with Crippen molar-refractivity contribution in [3.63, 3.8) is 0 Å². The number of nitrogens with one attached hydrogen (secondary N) is 3. The molecule has 0 saturated heterocycles. The van der Waals surface area contributed by atoms with E-state index in [0.717, 1.165) is 122 Å². The number of hydrogen-bond donors (Lipinski definition) is 5. The minimum absolute atomic E-state index is 0.00965. The average molecular weight is 914 g/mol. The van der Waals surface area contributed by atoms with E-state index >= 15 is 0 Å². The summed E-state index contributed by atoms with van der Waals surface area (Å²) in [5.74, 6) is -0.493. The molecule has 10 aromatic rings. The third-order valence-electron chi connectivity index (χ3n) is 17.1. The molecule has 2 saturated carbocycles. The van der Waals surface area contributed by atoms with Gasteiger partial charge in [-0.15, -0.1) is 0 Å². The van der Waals surface area contributed by atoms with Gasteiger partial charge < -0.3 is 50.4 Å². The van der Waals surface area contributed by atoms with E-state index in [4.69, 9.17) is 16.2 Å². The van der Waals surface area contributed by atoms with Crippen LogP contribution < -0.4 is 27.4 Å². The third kappa shape index (κ3) is 4.51. The standard InChI is InChI=1S/C28H24N4O3.C27H23N5O2/c1-2-35-27(34)28(29)12-14-11-20(28)32-19-10-6-3-7-15(19)21-17-13-30-26(33)23(17)22-16-8-4-5-9-18(16)31(14)25(22)24(21)32;1-29-26(34)27(28)11-13-10-19(27)32-18-9-5-2-6-14(18)20-16-12-30-25(33)22(16)21-15-7-3-4-8-17(15)31(13)24(21)23(20)32/h3-10,14,20H,2,11-13,29H2,1H3,(H,30,33);2-9,13,19H,10-12,28H2,1H3,(H,29,34)(H,30,33)/t14-,20+,28-;13-,19+,27-/m11/s1. The first kappa shape index (κ1) is 39.3. The fourth-order valence-corrected chi connectivity index (χ4v) is 14.6. The molecule has 342 valence electrons. The van der Waals surface area contributed by atoms with Gasteiger partial charge in [-0.2, -0.15) is 0 Å². The lowest BCUT2D eigenvalue weighted by Crippen LogP contribution is -2.56. The van der Waals surface area contributed by atoms with Crippen LogP contribution in [0.25, 0.3) is 87.2 Å². The highest BCUT2D eigenvalue weighted by atomic mass is 16.5. The van der Waals surface area contributed by atoms with Crippen LogP contribution >= 0.6 is 0 Å². The first-order valence-electron chi connectivity index (χ1n) is 24.1. The van der Waals surface area contributed by atoms with Crippen molar-refractivity contribution in [3.8, 4) is 0 Å². The molecule has 4 bridgehead atoms. The van der Waals surface area contributed by atoms with Crippen LogP contribution in [0.3, 0.4) is 0 Å². The highest BCUT2D eigenvalue weighted by molar-refractivity contribution is 6.32. The molecular formula is C55H47N9O5. The number of hydrogen-bond acceptors (Lipinski definition) is 7. The van der Waals surface area contributed by atoms with Crippen LogP contribution in [0.2, 0.25) is 0 Å². The SMILES string of the molecule is CCOC(=O)[C@@]1(N)C[C@H]2C[C@@H]1n1c3ccccc3c3c4c(c5c6ccccc6n2c5c31)C(=O)NC4.CNC(=O)[C@@]1(N)C[C@H]2C[C@@H]1n1c3ccccc3c3c4c(c5c6ccccc6n2c5c31)C(=O)NC4. The number of ether oxygens (including phenoxy) is 1. The molecule has 6 aromatic carbocycles. The molecule has 2 aliphatic carbocycles. The highest BCUT2D eigenvalue weighted by Crippen LogP contribution is 2.58. The Morgan fingerprint density at radius 3 is 1.41 bits per heavy atom. The Labute approximate surface area is 393 Å². The van der Waals surface area contributed by atoms with Crippen molar-refractivity contribution in [2.45, 2.75) is 80.9 Å². The number of aromatic nitrogens is 4. The summed E-state index contributed by atoms with van der Waals surface area (Å²) in [4.78, 5) is 53.1. The molecule has 4 aliphatic heterocycles. The van der Waals surface area contributed by atoms with Gasteiger partial charge in [0.15, 0.2) is 0 Å². The van der Waals surface area contributed by atoms with Crippen LogP contribution in [-0.4, -0.2) is 66.7 Å². The Kier molecular flexibility index (Phi) is 7.46. The summed E-state index contributed by atoms with van der Waals surface area (Å²) in [6, 6.07) is 32.9. The van der Waals surface area contributed by atoms with Gasteiger partial charge in [0.05, 0.1) is 51.9 Å². The first-order chi connectivity index (χ1) is 33.6. The Morgan fingerprint density at radius 1 is 0.594 bits per heavy atom. The first-order valence-corrected chi connectivity index (χ1v) is 24.1. The largest absolute Gasteiger partial charge is 0.465 e. The fourth-order valence-electron chi connectivity index (χ4n) is 14.6. The molecular weight excluding hydrogens is 867 g/mol. The van der Waals surface area contributed by atoms with Crippen LogP contribution in [0.15, 0.2) is 97.1 Å². The fraction of sp³-hybridized carbons (Fsp3) is 0.273. The van der Waals surface area contributed by atoms with Gasteiger partial charge in [0, 0.05) is 97.4 Å². The number of nitrogens with zero attached hydrogens (tertiary/aromatic N) is 4. The van der Waals surface area contributed by atoms with Crippen LogP contribution in [-0.2, 0) is 27.4 Å². The Hall–Kier alpha value is -7.68. The quantitative estimate of drug-likeness (QED) is 0.112. The Balaban J connectivity index is 0.000000125. The third-order valence-corrected chi connectivity index (χ3v) is 17.1. The van der Waals surface area contributed by atoms with Crippen molar-refractivity contribution in [1.82, 2.24) is 34.2 Å². The van der Waals surface area contributed by atoms with Crippen LogP contribution in [0.1, 0.15) is 88.6 Å². The number of fused-ring (bicyclic) bond motifs is 26. The number of rotatable bonds is 3. The molecule has 3 amide bonds. The zero-order valence-electron chi connectivity index (χ0n) is 38.0. The summed E-state index contributed by atoms with van der Waals surface area (Å²) in [7, 11) is 1.66. The number of amides is 3. The average Bonchev–Trinajstić information content (AvgIpc) is 4.24. The zero-order valence-corrected chi connectivity index (χ0v) is 38.0. The predicted molar refractivity (Wildman–Crippen MR) is 266 cm³/mol. The van der Waals surface area contributed by atoms with Crippen LogP contribution in [0.4, 0.5) is 0 Å². The second-order valence-electron chi connectivity index (χ2n) is 20.1. The summed E-state index contributed by atoms with van der Waals surface area (Å²) in [6.45, 7) is 3.12. The van der Waals surface area contributed by atoms with E-state index < -0.39 is 11.1 Å². The number of esters is 1. The molecule has 0 unspecified atom stereocenters. The van der Waals surface area contributed by atoms with Crippen LogP contribution in [0.5, 0.6) is 0 Å². The lowest BCUT2D eigenvalue weighted by Gasteiger charge is -2.32. The van der Waals surface area contributed by atoms with Gasteiger partial charge in [0.25, 0.3) is 11.8 Å².